The summed E-state index contributed by atoms with van der Waals surface area (Å²) < 4.78 is 62.7. The highest BCUT2D eigenvalue weighted by Gasteiger charge is 2.29. The summed E-state index contributed by atoms with van der Waals surface area (Å²) in [6.07, 6.45) is -3.27. The van der Waals surface area contributed by atoms with E-state index in [0.29, 0.717) is 5.69 Å². The Morgan fingerprint density at radius 1 is 1.03 bits per heavy atom. The van der Waals surface area contributed by atoms with Gasteiger partial charge in [-0.1, -0.05) is 30.3 Å². The summed E-state index contributed by atoms with van der Waals surface area (Å²) in [5.74, 6) is -3.48. The van der Waals surface area contributed by atoms with Crippen LogP contribution in [0.2, 0.25) is 0 Å². The molecule has 0 saturated carbocycles. The number of carbonyl (C=O) groups excluding carboxylic acids is 3. The molecule has 1 aliphatic heterocycles. The highest BCUT2D eigenvalue weighted by Crippen LogP contribution is 2.22. The molecule has 1 aliphatic rings. The number of anilines is 1. The van der Waals surface area contributed by atoms with Crippen LogP contribution in [0.1, 0.15) is 15.9 Å². The largest absolute Gasteiger partial charge is 0.344 e. The fourth-order valence-electron chi connectivity index (χ4n) is 3.32. The molecule has 1 N–H and O–H groups in total. The molecule has 0 radical (unpaired) electrons. The Kier molecular flexibility index (Phi) is 7.92. The molecule has 1 heterocycles. The number of alkyl halides is 2. The summed E-state index contributed by atoms with van der Waals surface area (Å²) in [6.45, 7) is -0.876. The van der Waals surface area contributed by atoms with Crippen molar-refractivity contribution in [3.63, 3.8) is 0 Å². The predicted octanol–water partition coefficient (Wildman–Crippen LogP) is 2.25. The van der Waals surface area contributed by atoms with Crippen molar-refractivity contribution in [2.24, 2.45) is 0 Å². The number of ketones is 1. The van der Waals surface area contributed by atoms with E-state index in [1.165, 1.54) is 21.9 Å². The van der Waals surface area contributed by atoms with E-state index in [4.69, 9.17) is 0 Å². The third-order valence-electron chi connectivity index (χ3n) is 5.24. The number of carbonyl (C=O) groups is 3. The van der Waals surface area contributed by atoms with Crippen molar-refractivity contribution in [1.29, 1.82) is 0 Å². The lowest BCUT2D eigenvalue weighted by Crippen LogP contribution is -2.49. The van der Waals surface area contributed by atoms with Crippen LogP contribution in [0, 0.1) is 5.82 Å². The van der Waals surface area contributed by atoms with Crippen LogP contribution in [0.5, 0.6) is 0 Å². The monoisotopic (exact) mass is 497 g/mol. The molecule has 0 aromatic heterocycles. The number of Topliss-reactive ketones (excluding diaryl/α,β-unsaturated/α-hetero) is 1. The van der Waals surface area contributed by atoms with E-state index in [-0.39, 0.29) is 42.3 Å². The molecule has 3 amide bonds. The number of halogens is 3. The van der Waals surface area contributed by atoms with Gasteiger partial charge in [-0.3, -0.25) is 14.5 Å². The normalized spacial score (nSPS) is 15.1. The van der Waals surface area contributed by atoms with Crippen LogP contribution in [0.3, 0.4) is 0 Å². The van der Waals surface area contributed by atoms with Gasteiger partial charge in [-0.05, 0) is 18.2 Å². The number of rotatable bonds is 7. The van der Waals surface area contributed by atoms with Crippen molar-refractivity contribution in [1.82, 2.24) is 10.2 Å². The van der Waals surface area contributed by atoms with Crippen LogP contribution in [-0.2, 0) is 21.2 Å². The highest BCUT2D eigenvalue weighted by molar-refractivity contribution is 7.91. The number of sulfone groups is 1. The third-order valence-corrected chi connectivity index (χ3v) is 6.85. The van der Waals surface area contributed by atoms with Crippen molar-refractivity contribution in [2.45, 2.75) is 13.0 Å². The summed E-state index contributed by atoms with van der Waals surface area (Å²) in [5, 5.41) is 1.76. The molecule has 0 unspecified atom stereocenters. The van der Waals surface area contributed by atoms with Gasteiger partial charge in [0.25, 0.3) is 5.91 Å². The lowest BCUT2D eigenvalue weighted by Gasteiger charge is -2.33. The summed E-state index contributed by atoms with van der Waals surface area (Å²) in [4.78, 5) is 38.9. The molecular weight excluding hydrogens is 475 g/mol. The second kappa shape index (κ2) is 10.7. The van der Waals surface area contributed by atoms with Crippen LogP contribution in [0.4, 0.5) is 23.7 Å². The zero-order valence-corrected chi connectivity index (χ0v) is 18.7. The van der Waals surface area contributed by atoms with Crippen molar-refractivity contribution in [2.75, 3.05) is 36.0 Å². The molecule has 182 valence electrons. The SMILES string of the molecule is O=C(CNC(=O)C(F)F)c1ccc(CN(C(=O)N2CCS(=O)(=O)CC2)c2ccccc2)c(F)c1. The third kappa shape index (κ3) is 6.34. The average Bonchev–Trinajstić information content (AvgIpc) is 2.81. The smallest absolute Gasteiger partial charge is 0.324 e. The summed E-state index contributed by atoms with van der Waals surface area (Å²) in [5.41, 5.74) is 0.417. The Morgan fingerprint density at radius 2 is 1.68 bits per heavy atom. The molecule has 1 fully saturated rings. The molecular formula is C22H22F3N3O5S. The molecule has 34 heavy (non-hydrogen) atoms. The standard InChI is InChI=1S/C22H22F3N3O5S/c23-18-12-15(19(29)13-26-21(30)20(24)25)6-7-16(18)14-28(17-4-2-1-3-5-17)22(31)27-8-10-34(32,33)11-9-27/h1-7,12,20H,8-11,13-14H2,(H,26,30). The fraction of sp³-hybridized carbons (Fsp3) is 0.318. The minimum atomic E-state index is -3.27. The highest BCUT2D eigenvalue weighted by atomic mass is 32.2. The molecule has 2 aromatic rings. The first-order valence-corrected chi connectivity index (χ1v) is 12.1. The number of amides is 3. The molecule has 2 aromatic carbocycles. The maximum atomic E-state index is 14.8. The van der Waals surface area contributed by atoms with Gasteiger partial charge in [0.05, 0.1) is 24.6 Å². The zero-order valence-electron chi connectivity index (χ0n) is 17.9. The minimum absolute atomic E-state index is 0.0186. The van der Waals surface area contributed by atoms with Crippen molar-refractivity contribution in [3.8, 4) is 0 Å². The van der Waals surface area contributed by atoms with E-state index >= 15 is 0 Å². The second-order valence-electron chi connectivity index (χ2n) is 7.59. The number of hydrogen-bond donors (Lipinski definition) is 1. The Balaban J connectivity index is 1.78. The van der Waals surface area contributed by atoms with Crippen LogP contribution in [0.25, 0.3) is 0 Å². The van der Waals surface area contributed by atoms with Crippen LogP contribution in [-0.4, -0.2) is 68.6 Å². The Hall–Kier alpha value is -3.41. The second-order valence-corrected chi connectivity index (χ2v) is 9.89. The zero-order chi connectivity index (χ0) is 24.9. The number of para-hydroxylation sites is 1. The maximum Gasteiger partial charge on any atom is 0.324 e. The molecule has 1 saturated heterocycles. The molecule has 0 bridgehead atoms. The lowest BCUT2D eigenvalue weighted by atomic mass is 10.1. The van der Waals surface area contributed by atoms with Crippen LogP contribution < -0.4 is 10.2 Å². The van der Waals surface area contributed by atoms with Gasteiger partial charge >= 0.3 is 12.5 Å². The molecule has 0 aliphatic carbocycles. The topological polar surface area (TPSA) is 104 Å². The van der Waals surface area contributed by atoms with Crippen molar-refractivity contribution in [3.05, 3.63) is 65.5 Å². The number of benzene rings is 2. The van der Waals surface area contributed by atoms with Crippen molar-refractivity contribution < 1.29 is 36.0 Å². The first-order chi connectivity index (χ1) is 16.1. The quantitative estimate of drug-likeness (QED) is 0.591. The summed E-state index contributed by atoms with van der Waals surface area (Å²) >= 11 is 0. The van der Waals surface area contributed by atoms with Gasteiger partial charge < -0.3 is 10.2 Å². The van der Waals surface area contributed by atoms with Gasteiger partial charge in [0.15, 0.2) is 15.6 Å². The average molecular weight is 497 g/mol. The van der Waals surface area contributed by atoms with Gasteiger partial charge in [0, 0.05) is 29.9 Å². The number of urea groups is 1. The van der Waals surface area contributed by atoms with E-state index in [0.717, 1.165) is 6.07 Å². The predicted molar refractivity (Wildman–Crippen MR) is 118 cm³/mol. The van der Waals surface area contributed by atoms with E-state index in [2.05, 4.69) is 0 Å². The maximum absolute atomic E-state index is 14.8. The van der Waals surface area contributed by atoms with E-state index in [9.17, 15) is 36.0 Å². The Labute approximate surface area is 194 Å². The molecule has 0 atom stereocenters. The summed E-state index contributed by atoms with van der Waals surface area (Å²) in [6, 6.07) is 11.4. The van der Waals surface area contributed by atoms with E-state index in [1.54, 1.807) is 35.6 Å². The lowest BCUT2D eigenvalue weighted by molar-refractivity contribution is -0.131. The van der Waals surface area contributed by atoms with E-state index < -0.39 is 46.3 Å². The first-order valence-electron chi connectivity index (χ1n) is 10.3. The van der Waals surface area contributed by atoms with Gasteiger partial charge in [-0.15, -0.1) is 0 Å². The number of nitrogens with one attached hydrogen (secondary N) is 1. The van der Waals surface area contributed by atoms with Crippen LogP contribution in [0.15, 0.2) is 48.5 Å². The van der Waals surface area contributed by atoms with Crippen LogP contribution >= 0.6 is 0 Å². The van der Waals surface area contributed by atoms with Gasteiger partial charge in [0.2, 0.25) is 0 Å². The number of hydrogen-bond acceptors (Lipinski definition) is 5. The molecule has 3 rings (SSSR count). The summed E-state index contributed by atoms with van der Waals surface area (Å²) in [7, 11) is -3.21. The Bertz CT molecular complexity index is 1160. The molecule has 8 nitrogen and oxygen atoms in total. The minimum Gasteiger partial charge on any atom is -0.344 e. The van der Waals surface area contributed by atoms with Gasteiger partial charge in [-0.2, -0.15) is 8.78 Å². The fourth-order valence-corrected chi connectivity index (χ4v) is 4.52. The van der Waals surface area contributed by atoms with Gasteiger partial charge in [0.1, 0.15) is 5.82 Å². The molecule has 0 spiro atoms. The van der Waals surface area contributed by atoms with Gasteiger partial charge in [-0.25, -0.2) is 17.6 Å². The Morgan fingerprint density at radius 3 is 2.26 bits per heavy atom. The first kappa shape index (κ1) is 25.2. The van der Waals surface area contributed by atoms with Crippen molar-refractivity contribution >= 4 is 33.2 Å². The molecule has 12 heteroatoms. The van der Waals surface area contributed by atoms with E-state index in [1.807, 2.05) is 0 Å². The number of nitrogens with zero attached hydrogens (tertiary/aromatic N) is 2.